The fourth-order valence-corrected chi connectivity index (χ4v) is 4.17. The summed E-state index contributed by atoms with van der Waals surface area (Å²) in [5.74, 6) is 1.46. The van der Waals surface area contributed by atoms with Gasteiger partial charge >= 0.3 is 0 Å². The van der Waals surface area contributed by atoms with Gasteiger partial charge in [-0.2, -0.15) is 0 Å². The largest absolute Gasteiger partial charge is 0.345 e. The van der Waals surface area contributed by atoms with Crippen molar-refractivity contribution < 1.29 is 9.59 Å². The maximum absolute atomic E-state index is 12.8. The predicted octanol–water partition coefficient (Wildman–Crippen LogP) is 3.40. The Hall–Kier alpha value is -0.900. The van der Waals surface area contributed by atoms with E-state index in [4.69, 9.17) is 0 Å². The van der Waals surface area contributed by atoms with Crippen LogP contribution in [0.3, 0.4) is 0 Å². The molecule has 1 saturated carbocycles. The summed E-state index contributed by atoms with van der Waals surface area (Å²) in [6.07, 6.45) is 7.76. The highest BCUT2D eigenvalue weighted by Crippen LogP contribution is 2.38. The van der Waals surface area contributed by atoms with Crippen molar-refractivity contribution >= 4 is 11.7 Å². The monoisotopic (exact) mass is 336 g/mol. The van der Waals surface area contributed by atoms with Crippen LogP contribution in [0.5, 0.6) is 0 Å². The Labute approximate surface area is 147 Å². The van der Waals surface area contributed by atoms with E-state index < -0.39 is 0 Å². The summed E-state index contributed by atoms with van der Waals surface area (Å²) in [5, 5.41) is 3.06. The molecule has 2 fully saturated rings. The summed E-state index contributed by atoms with van der Waals surface area (Å²) < 4.78 is 0. The third-order valence-corrected chi connectivity index (χ3v) is 6.08. The molecule has 3 atom stereocenters. The van der Waals surface area contributed by atoms with Crippen molar-refractivity contribution in [3.8, 4) is 0 Å². The van der Waals surface area contributed by atoms with Crippen molar-refractivity contribution in [1.29, 1.82) is 0 Å². The lowest BCUT2D eigenvalue weighted by molar-refractivity contribution is -0.130. The van der Waals surface area contributed by atoms with E-state index in [-0.39, 0.29) is 29.2 Å². The number of likely N-dealkylation sites (tertiary alicyclic amines) is 1. The molecular weight excluding hydrogens is 300 g/mol. The molecule has 0 aromatic carbocycles. The molecule has 1 N–H and O–H groups in total. The van der Waals surface area contributed by atoms with Gasteiger partial charge in [-0.1, -0.05) is 46.5 Å². The number of carbonyl (C=O) groups is 2. The van der Waals surface area contributed by atoms with Crippen LogP contribution in [-0.4, -0.2) is 42.3 Å². The van der Waals surface area contributed by atoms with Crippen molar-refractivity contribution in [1.82, 2.24) is 10.2 Å². The van der Waals surface area contributed by atoms with Gasteiger partial charge in [-0.25, -0.2) is 0 Å². The first-order valence-electron chi connectivity index (χ1n) is 9.71. The molecule has 0 aromatic heterocycles. The van der Waals surface area contributed by atoms with E-state index >= 15 is 0 Å². The summed E-state index contributed by atoms with van der Waals surface area (Å²) in [5.41, 5.74) is 0.209. The molecule has 1 aliphatic heterocycles. The zero-order valence-electron chi connectivity index (χ0n) is 16.2. The molecule has 0 spiro atoms. The number of hydrogen-bond acceptors (Lipinski definition) is 3. The highest BCUT2D eigenvalue weighted by Gasteiger charge is 2.42. The van der Waals surface area contributed by atoms with E-state index in [0.29, 0.717) is 11.8 Å². The molecule has 2 aliphatic rings. The number of nitrogens with zero attached hydrogens (tertiary/aromatic N) is 1. The second kappa shape index (κ2) is 7.99. The van der Waals surface area contributed by atoms with Gasteiger partial charge in [0.25, 0.3) is 0 Å². The summed E-state index contributed by atoms with van der Waals surface area (Å²) in [4.78, 5) is 26.9. The summed E-state index contributed by atoms with van der Waals surface area (Å²) >= 11 is 0. The number of rotatable bonds is 8. The van der Waals surface area contributed by atoms with E-state index in [0.717, 1.165) is 25.8 Å². The average molecular weight is 337 g/mol. The van der Waals surface area contributed by atoms with E-state index in [2.05, 4.69) is 31.0 Å². The number of ketones is 1. The Balaban J connectivity index is 1.91. The van der Waals surface area contributed by atoms with E-state index in [1.165, 1.54) is 25.7 Å². The van der Waals surface area contributed by atoms with Gasteiger partial charge in [0.05, 0.1) is 12.1 Å². The van der Waals surface area contributed by atoms with Gasteiger partial charge in [0.2, 0.25) is 5.91 Å². The standard InChI is InChI=1S/C20H36N2O2/c1-14(2)9-10-20(4)12-18(22(5)13-20)19(24)21-17(15(3)23)11-16-7-6-8-16/h14,16-18H,6-13H2,1-5H3,(H,21,24). The number of carbonyl (C=O) groups excluding carboxylic acids is 2. The zero-order valence-corrected chi connectivity index (χ0v) is 16.2. The molecular formula is C20H36N2O2. The van der Waals surface area contributed by atoms with Crippen LogP contribution in [-0.2, 0) is 9.59 Å². The fourth-order valence-electron chi connectivity index (χ4n) is 4.17. The molecule has 3 unspecified atom stereocenters. The molecule has 2 rings (SSSR count). The molecule has 0 radical (unpaired) electrons. The zero-order chi connectivity index (χ0) is 17.9. The van der Waals surface area contributed by atoms with Gasteiger partial charge in [0.1, 0.15) is 0 Å². The second-order valence-corrected chi connectivity index (χ2v) is 9.08. The lowest BCUT2D eigenvalue weighted by atomic mass is 9.80. The topological polar surface area (TPSA) is 49.4 Å². The molecule has 1 heterocycles. The maximum Gasteiger partial charge on any atom is 0.237 e. The van der Waals surface area contributed by atoms with Gasteiger partial charge in [-0.15, -0.1) is 0 Å². The van der Waals surface area contributed by atoms with E-state index in [9.17, 15) is 9.59 Å². The van der Waals surface area contributed by atoms with Crippen LogP contribution in [0.2, 0.25) is 0 Å². The van der Waals surface area contributed by atoms with Crippen molar-refractivity contribution in [2.24, 2.45) is 17.3 Å². The number of nitrogens with one attached hydrogen (secondary N) is 1. The van der Waals surface area contributed by atoms with Crippen molar-refractivity contribution in [3.63, 3.8) is 0 Å². The Morgan fingerprint density at radius 2 is 1.96 bits per heavy atom. The third-order valence-electron chi connectivity index (χ3n) is 6.08. The molecule has 4 nitrogen and oxygen atoms in total. The van der Waals surface area contributed by atoms with E-state index in [1.807, 2.05) is 7.05 Å². The quantitative estimate of drug-likeness (QED) is 0.739. The molecule has 4 heteroatoms. The van der Waals surface area contributed by atoms with Gasteiger partial charge in [-0.3, -0.25) is 14.5 Å². The molecule has 1 amide bonds. The molecule has 1 saturated heterocycles. The smallest absolute Gasteiger partial charge is 0.237 e. The van der Waals surface area contributed by atoms with Crippen LogP contribution in [0, 0.1) is 17.3 Å². The summed E-state index contributed by atoms with van der Waals surface area (Å²) in [7, 11) is 2.04. The lowest BCUT2D eigenvalue weighted by Crippen LogP contribution is -2.49. The predicted molar refractivity (Wildman–Crippen MR) is 97.8 cm³/mol. The summed E-state index contributed by atoms with van der Waals surface area (Å²) in [6.45, 7) is 9.38. The molecule has 24 heavy (non-hydrogen) atoms. The number of hydrogen-bond donors (Lipinski definition) is 1. The Kier molecular flexibility index (Phi) is 6.46. The van der Waals surface area contributed by atoms with Crippen molar-refractivity contribution in [3.05, 3.63) is 0 Å². The Bertz CT molecular complexity index is 459. The first-order chi connectivity index (χ1) is 11.2. The number of likely N-dealkylation sites (N-methyl/N-ethyl adjacent to an activating group) is 1. The first kappa shape index (κ1) is 19.4. The van der Waals surface area contributed by atoms with Gasteiger partial charge < -0.3 is 5.32 Å². The Morgan fingerprint density at radius 1 is 1.29 bits per heavy atom. The third kappa shape index (κ3) is 5.05. The van der Waals surface area contributed by atoms with Crippen LogP contribution in [0.1, 0.15) is 72.6 Å². The van der Waals surface area contributed by atoms with Gasteiger partial charge in [-0.05, 0) is 50.5 Å². The second-order valence-electron chi connectivity index (χ2n) is 9.08. The van der Waals surface area contributed by atoms with Crippen molar-refractivity contribution in [2.75, 3.05) is 13.6 Å². The minimum Gasteiger partial charge on any atom is -0.345 e. The maximum atomic E-state index is 12.8. The van der Waals surface area contributed by atoms with E-state index in [1.54, 1.807) is 6.92 Å². The van der Waals surface area contributed by atoms with Crippen LogP contribution < -0.4 is 5.32 Å². The molecule has 0 bridgehead atoms. The van der Waals surface area contributed by atoms with Crippen LogP contribution >= 0.6 is 0 Å². The normalized spacial score (nSPS) is 29.5. The van der Waals surface area contributed by atoms with Crippen LogP contribution in [0.4, 0.5) is 0 Å². The highest BCUT2D eigenvalue weighted by molar-refractivity contribution is 5.89. The number of amides is 1. The highest BCUT2D eigenvalue weighted by atomic mass is 16.2. The first-order valence-corrected chi connectivity index (χ1v) is 9.71. The van der Waals surface area contributed by atoms with Crippen LogP contribution in [0.25, 0.3) is 0 Å². The summed E-state index contributed by atoms with van der Waals surface area (Å²) in [6, 6.07) is -0.385. The van der Waals surface area contributed by atoms with Gasteiger partial charge in [0.15, 0.2) is 5.78 Å². The fraction of sp³-hybridized carbons (Fsp3) is 0.900. The minimum absolute atomic E-state index is 0.0466. The van der Waals surface area contributed by atoms with Gasteiger partial charge in [0, 0.05) is 6.54 Å². The van der Waals surface area contributed by atoms with Crippen LogP contribution in [0.15, 0.2) is 0 Å². The molecule has 138 valence electrons. The number of Topliss-reactive ketones (excluding diaryl/α,β-unsaturated/α-hetero) is 1. The SMILES string of the molecule is CC(=O)C(CC1CCC1)NC(=O)C1CC(C)(CCC(C)C)CN1C. The lowest BCUT2D eigenvalue weighted by Gasteiger charge is -2.30. The van der Waals surface area contributed by atoms with Crippen molar-refractivity contribution in [2.45, 2.75) is 84.7 Å². The molecule has 1 aliphatic carbocycles. The minimum atomic E-state index is -0.293. The average Bonchev–Trinajstić information content (AvgIpc) is 2.74. The Morgan fingerprint density at radius 3 is 2.46 bits per heavy atom. The molecule has 0 aromatic rings.